The van der Waals surface area contributed by atoms with Crippen molar-refractivity contribution in [2.75, 3.05) is 5.75 Å². The average Bonchev–Trinajstić information content (AvgIpc) is 2.97. The van der Waals surface area contributed by atoms with Crippen LogP contribution < -0.4 is 5.32 Å². The molecule has 3 aromatic carbocycles. The molecule has 0 heterocycles. The molecule has 9 heteroatoms. The average molecular weight is 625 g/mol. The van der Waals surface area contributed by atoms with Crippen molar-refractivity contribution in [3.63, 3.8) is 0 Å². The zero-order chi connectivity index (χ0) is 28.3. The number of non-ortho nitro benzene ring substituents is 1. The molecule has 210 valence electrons. The van der Waals surface area contributed by atoms with Gasteiger partial charge < -0.3 is 10.2 Å². The van der Waals surface area contributed by atoms with E-state index in [4.69, 9.17) is 0 Å². The Morgan fingerprint density at radius 2 is 1.57 bits per heavy atom. The van der Waals surface area contributed by atoms with Crippen molar-refractivity contribution in [3.8, 4) is 0 Å². The third kappa shape index (κ3) is 8.93. The summed E-state index contributed by atoms with van der Waals surface area (Å²) in [4.78, 5) is 39.9. The number of carbonyl (C=O) groups excluding carboxylic acids is 2. The normalized spacial score (nSPS) is 14.3. The van der Waals surface area contributed by atoms with Gasteiger partial charge in [0, 0.05) is 41.4 Å². The first-order valence-corrected chi connectivity index (χ1v) is 15.5. The first kappa shape index (κ1) is 29.8. The zero-order valence-corrected chi connectivity index (χ0v) is 24.7. The number of rotatable bonds is 12. The van der Waals surface area contributed by atoms with Gasteiger partial charge in [-0.1, -0.05) is 89.8 Å². The predicted molar refractivity (Wildman–Crippen MR) is 163 cm³/mol. The van der Waals surface area contributed by atoms with E-state index in [1.165, 1.54) is 30.3 Å². The fourth-order valence-electron chi connectivity index (χ4n) is 4.94. The van der Waals surface area contributed by atoms with Crippen LogP contribution in [0.25, 0.3) is 0 Å². The molecule has 1 saturated carbocycles. The third-order valence-corrected chi connectivity index (χ3v) is 8.65. The summed E-state index contributed by atoms with van der Waals surface area (Å²) in [5, 5.41) is 14.2. The summed E-state index contributed by atoms with van der Waals surface area (Å²) >= 11 is 4.92. The van der Waals surface area contributed by atoms with Crippen LogP contribution >= 0.6 is 27.7 Å². The zero-order valence-electron chi connectivity index (χ0n) is 22.3. The second kappa shape index (κ2) is 15.0. The van der Waals surface area contributed by atoms with E-state index >= 15 is 0 Å². The van der Waals surface area contributed by atoms with Crippen molar-refractivity contribution in [2.24, 2.45) is 0 Å². The molecule has 0 aromatic heterocycles. The molecule has 0 unspecified atom stereocenters. The van der Waals surface area contributed by atoms with Crippen LogP contribution in [0.3, 0.4) is 0 Å². The number of hydrogen-bond donors (Lipinski definition) is 1. The monoisotopic (exact) mass is 623 g/mol. The molecule has 0 radical (unpaired) electrons. The molecule has 1 fully saturated rings. The highest BCUT2D eigenvalue weighted by Crippen LogP contribution is 2.22. The van der Waals surface area contributed by atoms with Crippen LogP contribution in [0.15, 0.2) is 83.3 Å². The number of thioether (sulfide) groups is 1. The number of hydrogen-bond acceptors (Lipinski definition) is 5. The first-order chi connectivity index (χ1) is 19.4. The summed E-state index contributed by atoms with van der Waals surface area (Å²) in [7, 11) is 0. The fraction of sp³-hybridized carbons (Fsp3) is 0.355. The molecule has 0 saturated heterocycles. The molecule has 40 heavy (non-hydrogen) atoms. The van der Waals surface area contributed by atoms with Gasteiger partial charge in [-0.15, -0.1) is 11.8 Å². The Hall–Kier alpha value is -3.17. The maximum Gasteiger partial charge on any atom is 0.269 e. The number of nitro benzene ring substituents is 1. The largest absolute Gasteiger partial charge is 0.352 e. The highest BCUT2D eigenvalue weighted by atomic mass is 79.9. The van der Waals surface area contributed by atoms with Crippen molar-refractivity contribution in [1.82, 2.24) is 10.2 Å². The van der Waals surface area contributed by atoms with Crippen molar-refractivity contribution in [1.29, 1.82) is 0 Å². The van der Waals surface area contributed by atoms with Crippen LogP contribution in [0.2, 0.25) is 0 Å². The van der Waals surface area contributed by atoms with Crippen molar-refractivity contribution < 1.29 is 14.5 Å². The van der Waals surface area contributed by atoms with Crippen molar-refractivity contribution in [2.45, 2.75) is 62.9 Å². The minimum Gasteiger partial charge on any atom is -0.352 e. The van der Waals surface area contributed by atoms with Gasteiger partial charge in [-0.05, 0) is 41.7 Å². The van der Waals surface area contributed by atoms with Gasteiger partial charge in [0.2, 0.25) is 11.8 Å². The summed E-state index contributed by atoms with van der Waals surface area (Å²) in [5.41, 5.74) is 2.89. The lowest BCUT2D eigenvalue weighted by molar-refractivity contribution is -0.384. The number of amides is 2. The van der Waals surface area contributed by atoms with Crippen LogP contribution in [-0.2, 0) is 28.3 Å². The number of nitrogens with one attached hydrogen (secondary N) is 1. The summed E-state index contributed by atoms with van der Waals surface area (Å²) in [6.45, 7) is 0.319. The summed E-state index contributed by atoms with van der Waals surface area (Å²) in [6.07, 6.45) is 5.77. The number of nitro groups is 1. The van der Waals surface area contributed by atoms with Gasteiger partial charge in [0.05, 0.1) is 10.7 Å². The Kier molecular flexibility index (Phi) is 11.2. The van der Waals surface area contributed by atoms with Gasteiger partial charge in [0.25, 0.3) is 5.69 Å². The standard InChI is InChI=1S/C31H34BrN3O4S/c32-26-15-11-24(12-16-26)20-34(30(36)22-40-21-25-13-17-28(18-14-25)35(38)39)29(19-23-7-3-1-4-8-23)31(37)33-27-9-5-2-6-10-27/h1,3-4,7-8,11-18,27,29H,2,5-6,9-10,19-22H2,(H,33,37)/t29-/m0/s1. The van der Waals surface area contributed by atoms with E-state index in [2.05, 4.69) is 21.2 Å². The molecule has 2 amide bonds. The van der Waals surface area contributed by atoms with E-state index in [0.717, 1.165) is 46.8 Å². The van der Waals surface area contributed by atoms with Crippen LogP contribution in [0.4, 0.5) is 5.69 Å². The van der Waals surface area contributed by atoms with Crippen LogP contribution in [0.1, 0.15) is 48.8 Å². The molecular weight excluding hydrogens is 590 g/mol. The Labute approximate surface area is 248 Å². The quantitative estimate of drug-likeness (QED) is 0.179. The Balaban J connectivity index is 1.54. The molecular formula is C31H34BrN3O4S. The van der Waals surface area contributed by atoms with E-state index in [1.54, 1.807) is 17.0 Å². The van der Waals surface area contributed by atoms with E-state index in [0.29, 0.717) is 18.7 Å². The molecule has 1 atom stereocenters. The predicted octanol–water partition coefficient (Wildman–Crippen LogP) is 6.68. The number of benzene rings is 3. The minimum atomic E-state index is -0.652. The topological polar surface area (TPSA) is 92.6 Å². The maximum atomic E-state index is 13.8. The fourth-order valence-corrected chi connectivity index (χ4v) is 6.07. The lowest BCUT2D eigenvalue weighted by atomic mass is 9.94. The van der Waals surface area contributed by atoms with Crippen LogP contribution in [0, 0.1) is 10.1 Å². The van der Waals surface area contributed by atoms with Gasteiger partial charge in [0.15, 0.2) is 0 Å². The number of halogens is 1. The van der Waals surface area contributed by atoms with E-state index in [-0.39, 0.29) is 29.3 Å². The van der Waals surface area contributed by atoms with E-state index in [1.807, 2.05) is 54.6 Å². The molecule has 4 rings (SSSR count). The van der Waals surface area contributed by atoms with Gasteiger partial charge in [-0.3, -0.25) is 19.7 Å². The Morgan fingerprint density at radius 3 is 2.23 bits per heavy atom. The molecule has 3 aromatic rings. The summed E-state index contributed by atoms with van der Waals surface area (Å²) in [6, 6.07) is 23.5. The van der Waals surface area contributed by atoms with E-state index in [9.17, 15) is 19.7 Å². The molecule has 0 aliphatic heterocycles. The smallest absolute Gasteiger partial charge is 0.269 e. The maximum absolute atomic E-state index is 13.8. The van der Waals surface area contributed by atoms with Gasteiger partial charge >= 0.3 is 0 Å². The van der Waals surface area contributed by atoms with Crippen LogP contribution in [0.5, 0.6) is 0 Å². The SMILES string of the molecule is O=C(NC1CCCCC1)[C@H](Cc1ccccc1)N(Cc1ccc(Br)cc1)C(=O)CSCc1ccc([N+](=O)[O-])cc1. The van der Waals surface area contributed by atoms with Crippen molar-refractivity contribution >= 4 is 45.2 Å². The molecule has 0 spiro atoms. The second-order valence-electron chi connectivity index (χ2n) is 10.1. The Bertz CT molecular complexity index is 1270. The third-order valence-electron chi connectivity index (χ3n) is 7.13. The minimum absolute atomic E-state index is 0.0400. The van der Waals surface area contributed by atoms with Crippen molar-refractivity contribution in [3.05, 3.63) is 110 Å². The van der Waals surface area contributed by atoms with Gasteiger partial charge in [0.1, 0.15) is 6.04 Å². The second-order valence-corrected chi connectivity index (χ2v) is 12.0. The Morgan fingerprint density at radius 1 is 0.925 bits per heavy atom. The molecule has 1 aliphatic carbocycles. The van der Waals surface area contributed by atoms with Gasteiger partial charge in [-0.25, -0.2) is 0 Å². The number of nitrogens with zero attached hydrogens (tertiary/aromatic N) is 2. The lowest BCUT2D eigenvalue weighted by Crippen LogP contribution is -2.53. The highest BCUT2D eigenvalue weighted by Gasteiger charge is 2.31. The molecule has 1 N–H and O–H groups in total. The van der Waals surface area contributed by atoms with Crippen LogP contribution in [-0.4, -0.2) is 39.5 Å². The molecule has 7 nitrogen and oxygen atoms in total. The van der Waals surface area contributed by atoms with E-state index < -0.39 is 11.0 Å². The summed E-state index contributed by atoms with van der Waals surface area (Å²) < 4.78 is 0.948. The molecule has 1 aliphatic rings. The number of carbonyl (C=O) groups is 2. The highest BCUT2D eigenvalue weighted by molar-refractivity contribution is 9.10. The first-order valence-electron chi connectivity index (χ1n) is 13.6. The molecule has 0 bridgehead atoms. The van der Waals surface area contributed by atoms with Gasteiger partial charge in [-0.2, -0.15) is 0 Å². The lowest BCUT2D eigenvalue weighted by Gasteiger charge is -2.33. The summed E-state index contributed by atoms with van der Waals surface area (Å²) in [5.74, 6) is 0.499.